The van der Waals surface area contributed by atoms with Gasteiger partial charge in [-0.15, -0.1) is 0 Å². The maximum absolute atomic E-state index is 13.3. The molecule has 0 saturated carbocycles. The van der Waals surface area contributed by atoms with Crippen molar-refractivity contribution in [3.8, 4) is 11.6 Å². The van der Waals surface area contributed by atoms with Crippen LogP contribution in [0.3, 0.4) is 0 Å². The number of benzene rings is 1. The Balaban J connectivity index is 2.33. The second-order valence-corrected chi connectivity index (χ2v) is 4.74. The molecule has 2 aromatic heterocycles. The normalized spacial score (nSPS) is 10.9. The van der Waals surface area contributed by atoms with Crippen LogP contribution in [-0.4, -0.2) is 26.6 Å². The van der Waals surface area contributed by atoms with Crippen LogP contribution in [0.1, 0.15) is 0 Å². The molecule has 102 valence electrons. The molecule has 0 amide bonds. The standard InChI is InChI=1S/C12H8ClFN4OS/c1-19-11-9-10(15-5-16-11)18(12(20)17-9)6-2-3-8(14)7(13)4-6/h2-5H,1H3,(H,17,20). The van der Waals surface area contributed by atoms with Crippen LogP contribution in [0.4, 0.5) is 4.39 Å². The summed E-state index contributed by atoms with van der Waals surface area (Å²) in [7, 11) is 1.50. The van der Waals surface area contributed by atoms with Crippen molar-refractivity contribution in [2.75, 3.05) is 7.11 Å². The second-order valence-electron chi connectivity index (χ2n) is 3.95. The number of imidazole rings is 1. The predicted octanol–water partition coefficient (Wildman–Crippen LogP) is 3.28. The lowest BCUT2D eigenvalue weighted by atomic mass is 10.3. The molecular formula is C12H8ClFN4OS. The van der Waals surface area contributed by atoms with Crippen molar-refractivity contribution in [2.45, 2.75) is 0 Å². The fourth-order valence-corrected chi connectivity index (χ4v) is 2.39. The zero-order valence-electron chi connectivity index (χ0n) is 10.2. The number of aromatic nitrogens is 4. The molecule has 8 heteroatoms. The molecule has 0 aliphatic rings. The molecule has 0 fully saturated rings. The summed E-state index contributed by atoms with van der Waals surface area (Å²) in [6.07, 6.45) is 1.37. The van der Waals surface area contributed by atoms with E-state index in [1.54, 1.807) is 10.6 Å². The third kappa shape index (κ3) is 1.95. The van der Waals surface area contributed by atoms with E-state index in [0.717, 1.165) is 0 Å². The minimum atomic E-state index is -0.492. The first kappa shape index (κ1) is 13.0. The van der Waals surface area contributed by atoms with Crippen LogP contribution in [-0.2, 0) is 0 Å². The van der Waals surface area contributed by atoms with Crippen LogP contribution >= 0.6 is 23.8 Å². The third-order valence-electron chi connectivity index (χ3n) is 2.79. The molecule has 3 rings (SSSR count). The number of methoxy groups -OCH3 is 1. The maximum atomic E-state index is 13.3. The predicted molar refractivity (Wildman–Crippen MR) is 75.6 cm³/mol. The lowest BCUT2D eigenvalue weighted by molar-refractivity contribution is 0.401. The molecule has 20 heavy (non-hydrogen) atoms. The Hall–Kier alpha value is -1.99. The smallest absolute Gasteiger partial charge is 0.242 e. The number of nitrogens with one attached hydrogen (secondary N) is 1. The van der Waals surface area contributed by atoms with Crippen LogP contribution in [0.25, 0.3) is 16.9 Å². The van der Waals surface area contributed by atoms with Gasteiger partial charge in [-0.25, -0.2) is 9.37 Å². The number of halogens is 2. The number of hydrogen-bond acceptors (Lipinski definition) is 4. The first-order chi connectivity index (χ1) is 9.61. The largest absolute Gasteiger partial charge is 0.479 e. The van der Waals surface area contributed by atoms with Crippen molar-refractivity contribution in [1.82, 2.24) is 19.5 Å². The molecule has 1 aromatic carbocycles. The first-order valence-corrected chi connectivity index (χ1v) is 6.35. The van der Waals surface area contributed by atoms with Gasteiger partial charge < -0.3 is 9.72 Å². The van der Waals surface area contributed by atoms with Gasteiger partial charge in [-0.05, 0) is 30.4 Å². The molecule has 0 aliphatic heterocycles. The molecule has 0 unspecified atom stereocenters. The minimum absolute atomic E-state index is 0.0137. The van der Waals surface area contributed by atoms with Crippen molar-refractivity contribution < 1.29 is 9.13 Å². The summed E-state index contributed by atoms with van der Waals surface area (Å²) in [6, 6.07) is 4.32. The van der Waals surface area contributed by atoms with Gasteiger partial charge in [0.2, 0.25) is 5.88 Å². The molecule has 1 N–H and O–H groups in total. The number of ether oxygens (including phenoxy) is 1. The highest BCUT2D eigenvalue weighted by Gasteiger charge is 2.13. The van der Waals surface area contributed by atoms with Crippen molar-refractivity contribution in [3.63, 3.8) is 0 Å². The van der Waals surface area contributed by atoms with E-state index in [-0.39, 0.29) is 5.02 Å². The second kappa shape index (κ2) is 4.84. The SMILES string of the molecule is COc1ncnc2c1[nH]c(=S)n2-c1ccc(F)c(Cl)c1. The molecule has 0 saturated heterocycles. The van der Waals surface area contributed by atoms with Crippen molar-refractivity contribution in [1.29, 1.82) is 0 Å². The van der Waals surface area contributed by atoms with Crippen LogP contribution in [0.2, 0.25) is 5.02 Å². The number of fused-ring (bicyclic) bond motifs is 1. The van der Waals surface area contributed by atoms with Crippen LogP contribution in [0, 0.1) is 10.6 Å². The highest BCUT2D eigenvalue weighted by molar-refractivity contribution is 7.71. The van der Waals surface area contributed by atoms with Gasteiger partial charge >= 0.3 is 0 Å². The zero-order valence-corrected chi connectivity index (χ0v) is 11.8. The lowest BCUT2D eigenvalue weighted by Gasteiger charge is -2.05. The molecule has 2 heterocycles. The average molecular weight is 311 g/mol. The Morgan fingerprint density at radius 2 is 2.20 bits per heavy atom. The van der Waals surface area contributed by atoms with E-state index in [2.05, 4.69) is 15.0 Å². The van der Waals surface area contributed by atoms with Crippen molar-refractivity contribution in [2.24, 2.45) is 0 Å². The molecule has 0 radical (unpaired) electrons. The minimum Gasteiger partial charge on any atom is -0.479 e. The molecule has 0 atom stereocenters. The fourth-order valence-electron chi connectivity index (χ4n) is 1.92. The Bertz CT molecular complexity index is 860. The van der Waals surface area contributed by atoms with Crippen LogP contribution in [0.15, 0.2) is 24.5 Å². The van der Waals surface area contributed by atoms with Gasteiger partial charge in [-0.1, -0.05) is 11.6 Å². The molecule has 0 aliphatic carbocycles. The van der Waals surface area contributed by atoms with E-state index < -0.39 is 5.82 Å². The number of hydrogen-bond donors (Lipinski definition) is 1. The Morgan fingerprint density at radius 3 is 2.90 bits per heavy atom. The van der Waals surface area contributed by atoms with Crippen LogP contribution in [0.5, 0.6) is 5.88 Å². The van der Waals surface area contributed by atoms with Gasteiger partial charge in [0.25, 0.3) is 0 Å². The van der Waals surface area contributed by atoms with E-state index in [9.17, 15) is 4.39 Å². The Kier molecular flexibility index (Phi) is 3.15. The number of nitrogens with zero attached hydrogens (tertiary/aromatic N) is 3. The van der Waals surface area contributed by atoms with E-state index in [1.165, 1.54) is 25.6 Å². The topological polar surface area (TPSA) is 55.7 Å². The van der Waals surface area contributed by atoms with E-state index in [4.69, 9.17) is 28.6 Å². The van der Waals surface area contributed by atoms with E-state index in [1.807, 2.05) is 0 Å². The van der Waals surface area contributed by atoms with Gasteiger partial charge in [-0.3, -0.25) is 4.57 Å². The van der Waals surface area contributed by atoms with Gasteiger partial charge in [-0.2, -0.15) is 4.98 Å². The third-order valence-corrected chi connectivity index (χ3v) is 3.37. The number of aromatic amines is 1. The zero-order chi connectivity index (χ0) is 14.3. The number of rotatable bonds is 2. The summed E-state index contributed by atoms with van der Waals surface area (Å²) < 4.78 is 20.4. The molecule has 5 nitrogen and oxygen atoms in total. The van der Waals surface area contributed by atoms with Crippen molar-refractivity contribution in [3.05, 3.63) is 40.1 Å². The molecule has 0 spiro atoms. The molecular weight excluding hydrogens is 303 g/mol. The molecule has 0 bridgehead atoms. The first-order valence-electron chi connectivity index (χ1n) is 5.57. The highest BCUT2D eigenvalue weighted by atomic mass is 35.5. The maximum Gasteiger partial charge on any atom is 0.242 e. The van der Waals surface area contributed by atoms with E-state index >= 15 is 0 Å². The Morgan fingerprint density at radius 1 is 1.40 bits per heavy atom. The Labute approximate surface area is 123 Å². The summed E-state index contributed by atoms with van der Waals surface area (Å²) in [4.78, 5) is 11.1. The van der Waals surface area contributed by atoms with Crippen LogP contribution < -0.4 is 4.74 Å². The van der Waals surface area contributed by atoms with E-state index in [0.29, 0.717) is 27.5 Å². The summed E-state index contributed by atoms with van der Waals surface area (Å²) in [6.45, 7) is 0. The van der Waals surface area contributed by atoms with Gasteiger partial charge in [0, 0.05) is 0 Å². The summed E-state index contributed by atoms with van der Waals surface area (Å²) in [5, 5.41) is 0.0137. The summed E-state index contributed by atoms with van der Waals surface area (Å²) in [5.41, 5.74) is 1.71. The van der Waals surface area contributed by atoms with Gasteiger partial charge in [0.15, 0.2) is 10.4 Å². The average Bonchev–Trinajstić information content (AvgIpc) is 2.78. The highest BCUT2D eigenvalue weighted by Crippen LogP contribution is 2.25. The number of H-pyrrole nitrogens is 1. The monoisotopic (exact) mass is 310 g/mol. The van der Waals surface area contributed by atoms with Gasteiger partial charge in [0.1, 0.15) is 17.7 Å². The summed E-state index contributed by atoms with van der Waals surface area (Å²) in [5.74, 6) is -0.109. The fraction of sp³-hybridized carbons (Fsp3) is 0.0833. The summed E-state index contributed by atoms with van der Waals surface area (Å²) >= 11 is 11.1. The quantitative estimate of drug-likeness (QED) is 0.738. The lowest BCUT2D eigenvalue weighted by Crippen LogP contribution is -1.97. The molecule has 3 aromatic rings. The van der Waals surface area contributed by atoms with Crippen molar-refractivity contribution >= 4 is 35.0 Å². The van der Waals surface area contributed by atoms with Gasteiger partial charge in [0.05, 0.1) is 17.8 Å².